The van der Waals surface area contributed by atoms with Crippen LogP contribution in [0, 0.1) is 6.92 Å². The number of allylic oxidation sites excluding steroid dienone is 1. The lowest BCUT2D eigenvalue weighted by Crippen LogP contribution is -2.02. The van der Waals surface area contributed by atoms with Gasteiger partial charge in [-0.2, -0.15) is 0 Å². The van der Waals surface area contributed by atoms with E-state index in [1.54, 1.807) is 0 Å². The van der Waals surface area contributed by atoms with Gasteiger partial charge in [0.15, 0.2) is 0 Å². The summed E-state index contributed by atoms with van der Waals surface area (Å²) >= 11 is 0. The minimum absolute atomic E-state index is 0.656. The van der Waals surface area contributed by atoms with Crippen LogP contribution in [-0.2, 0) is 0 Å². The number of rotatable bonds is 0. The van der Waals surface area contributed by atoms with Crippen LogP contribution in [0.2, 0.25) is 0 Å². The highest BCUT2D eigenvalue weighted by atomic mass is 14.2. The van der Waals surface area contributed by atoms with Crippen molar-refractivity contribution in [2.75, 3.05) is 0 Å². The van der Waals surface area contributed by atoms with Crippen molar-refractivity contribution in [1.82, 2.24) is 0 Å². The zero-order valence-corrected chi connectivity index (χ0v) is 9.83. The fourth-order valence-electron chi connectivity index (χ4n) is 2.72. The van der Waals surface area contributed by atoms with E-state index in [4.69, 9.17) is 0 Å². The van der Waals surface area contributed by atoms with E-state index in [1.807, 2.05) is 0 Å². The van der Waals surface area contributed by atoms with Crippen LogP contribution >= 0.6 is 0 Å². The summed E-state index contributed by atoms with van der Waals surface area (Å²) in [7, 11) is 0. The van der Waals surface area contributed by atoms with Crippen molar-refractivity contribution in [2.45, 2.75) is 26.2 Å². The Morgan fingerprint density at radius 3 is 2.88 bits per heavy atom. The summed E-state index contributed by atoms with van der Waals surface area (Å²) in [6.45, 7) is 4.56. The molecule has 16 heavy (non-hydrogen) atoms. The highest BCUT2D eigenvalue weighted by Gasteiger charge is 2.15. The molecule has 2 aromatic carbocycles. The van der Waals surface area contributed by atoms with Gasteiger partial charge in [0.25, 0.3) is 0 Å². The third-order valence-electron chi connectivity index (χ3n) is 3.70. The van der Waals surface area contributed by atoms with Gasteiger partial charge in [0.2, 0.25) is 0 Å². The standard InChI is InChI=1S/C16H16/c1-11-6-5-9-15-12(2)14-8-4-3-7-13(14)10-16(11)15/h3-5,7-11H,6H2,1-2H3. The molecule has 0 nitrogen and oxygen atoms in total. The highest BCUT2D eigenvalue weighted by molar-refractivity contribution is 5.90. The summed E-state index contributed by atoms with van der Waals surface area (Å²) in [6, 6.07) is 11.0. The first-order chi connectivity index (χ1) is 7.77. The third kappa shape index (κ3) is 1.30. The fourth-order valence-corrected chi connectivity index (χ4v) is 2.72. The van der Waals surface area contributed by atoms with Crippen LogP contribution in [0.5, 0.6) is 0 Å². The maximum absolute atomic E-state index is 2.37. The zero-order chi connectivity index (χ0) is 11.1. The number of aryl methyl sites for hydroxylation is 1. The summed E-state index contributed by atoms with van der Waals surface area (Å²) in [5.41, 5.74) is 4.38. The fraction of sp³-hybridized carbons (Fsp3) is 0.250. The Kier molecular flexibility index (Phi) is 2.10. The summed E-state index contributed by atoms with van der Waals surface area (Å²) in [6.07, 6.45) is 5.76. The van der Waals surface area contributed by atoms with Crippen LogP contribution in [0.4, 0.5) is 0 Å². The molecule has 0 amide bonds. The van der Waals surface area contributed by atoms with Gasteiger partial charge in [0.05, 0.1) is 0 Å². The van der Waals surface area contributed by atoms with Gasteiger partial charge in [-0.15, -0.1) is 0 Å². The molecular formula is C16H16. The van der Waals surface area contributed by atoms with Crippen molar-refractivity contribution in [2.24, 2.45) is 0 Å². The second-order valence-corrected chi connectivity index (χ2v) is 4.76. The van der Waals surface area contributed by atoms with Crippen LogP contribution in [0.15, 0.2) is 36.4 Å². The Morgan fingerprint density at radius 1 is 1.19 bits per heavy atom. The lowest BCUT2D eigenvalue weighted by Gasteiger charge is -2.21. The first-order valence-electron chi connectivity index (χ1n) is 5.96. The minimum Gasteiger partial charge on any atom is -0.0833 e. The van der Waals surface area contributed by atoms with Crippen LogP contribution in [0.25, 0.3) is 16.8 Å². The van der Waals surface area contributed by atoms with Crippen molar-refractivity contribution in [1.29, 1.82) is 0 Å². The number of benzene rings is 2. The first kappa shape index (κ1) is 9.65. The van der Waals surface area contributed by atoms with Gasteiger partial charge in [-0.1, -0.05) is 49.4 Å². The Morgan fingerprint density at radius 2 is 2.00 bits per heavy atom. The van der Waals surface area contributed by atoms with E-state index < -0.39 is 0 Å². The molecule has 1 unspecified atom stereocenters. The molecular weight excluding hydrogens is 192 g/mol. The SMILES string of the molecule is Cc1c2c(cc3ccccc13)C(C)CC=C2. The Hall–Kier alpha value is -1.56. The monoisotopic (exact) mass is 208 g/mol. The molecule has 3 rings (SSSR count). The zero-order valence-electron chi connectivity index (χ0n) is 9.83. The van der Waals surface area contributed by atoms with Gasteiger partial charge >= 0.3 is 0 Å². The molecule has 0 saturated heterocycles. The maximum atomic E-state index is 2.37. The van der Waals surface area contributed by atoms with E-state index >= 15 is 0 Å². The van der Waals surface area contributed by atoms with Gasteiger partial charge < -0.3 is 0 Å². The molecule has 0 fully saturated rings. The van der Waals surface area contributed by atoms with Crippen LogP contribution in [0.3, 0.4) is 0 Å². The number of hydrogen-bond donors (Lipinski definition) is 0. The second kappa shape index (κ2) is 3.48. The van der Waals surface area contributed by atoms with Gasteiger partial charge in [-0.3, -0.25) is 0 Å². The molecule has 0 bridgehead atoms. The van der Waals surface area contributed by atoms with Gasteiger partial charge in [0.1, 0.15) is 0 Å². The largest absolute Gasteiger partial charge is 0.0833 e. The van der Waals surface area contributed by atoms with Crippen molar-refractivity contribution in [3.05, 3.63) is 53.1 Å². The summed E-state index contributed by atoms with van der Waals surface area (Å²) < 4.78 is 0. The first-order valence-corrected chi connectivity index (χ1v) is 5.96. The van der Waals surface area contributed by atoms with E-state index in [0.717, 1.165) is 0 Å². The number of fused-ring (bicyclic) bond motifs is 2. The maximum Gasteiger partial charge on any atom is -0.0149 e. The predicted molar refractivity (Wildman–Crippen MR) is 70.8 cm³/mol. The van der Waals surface area contributed by atoms with Crippen molar-refractivity contribution < 1.29 is 0 Å². The second-order valence-electron chi connectivity index (χ2n) is 4.76. The molecule has 0 heterocycles. The Labute approximate surface area is 96.6 Å². The lowest BCUT2D eigenvalue weighted by molar-refractivity contribution is 0.772. The molecule has 1 aliphatic carbocycles. The molecule has 0 N–H and O–H groups in total. The van der Waals surface area contributed by atoms with Crippen LogP contribution in [-0.4, -0.2) is 0 Å². The van der Waals surface area contributed by atoms with Gasteiger partial charge in [0, 0.05) is 0 Å². The number of hydrogen-bond acceptors (Lipinski definition) is 0. The van der Waals surface area contributed by atoms with E-state index in [2.05, 4.69) is 56.3 Å². The van der Waals surface area contributed by atoms with E-state index in [9.17, 15) is 0 Å². The van der Waals surface area contributed by atoms with Crippen molar-refractivity contribution in [3.63, 3.8) is 0 Å². The molecule has 0 spiro atoms. The molecule has 0 saturated carbocycles. The summed E-state index contributed by atoms with van der Waals surface area (Å²) in [5.74, 6) is 0.656. The predicted octanol–water partition coefficient (Wildman–Crippen LogP) is 4.67. The van der Waals surface area contributed by atoms with Crippen molar-refractivity contribution in [3.8, 4) is 0 Å². The molecule has 2 aromatic rings. The van der Waals surface area contributed by atoms with E-state index in [0.29, 0.717) is 5.92 Å². The molecule has 0 aromatic heterocycles. The molecule has 0 heteroatoms. The van der Waals surface area contributed by atoms with Gasteiger partial charge in [-0.25, -0.2) is 0 Å². The smallest absolute Gasteiger partial charge is 0.0149 e. The third-order valence-corrected chi connectivity index (χ3v) is 3.70. The highest BCUT2D eigenvalue weighted by Crippen LogP contribution is 2.35. The molecule has 80 valence electrons. The summed E-state index contributed by atoms with van der Waals surface area (Å²) in [5, 5.41) is 2.76. The average molecular weight is 208 g/mol. The summed E-state index contributed by atoms with van der Waals surface area (Å²) in [4.78, 5) is 0. The Bertz CT molecular complexity index is 576. The normalized spacial score (nSPS) is 18.8. The van der Waals surface area contributed by atoms with Crippen LogP contribution in [0.1, 0.15) is 36.0 Å². The van der Waals surface area contributed by atoms with E-state index in [1.165, 1.54) is 33.9 Å². The lowest BCUT2D eigenvalue weighted by atomic mass is 9.84. The van der Waals surface area contributed by atoms with Gasteiger partial charge in [-0.05, 0) is 46.7 Å². The Balaban J connectivity index is 2.41. The molecule has 1 atom stereocenters. The molecule has 0 aliphatic heterocycles. The minimum atomic E-state index is 0.656. The quantitative estimate of drug-likeness (QED) is 0.590. The van der Waals surface area contributed by atoms with E-state index in [-0.39, 0.29) is 0 Å². The van der Waals surface area contributed by atoms with Crippen molar-refractivity contribution >= 4 is 16.8 Å². The molecule has 0 radical (unpaired) electrons. The van der Waals surface area contributed by atoms with Crippen LogP contribution < -0.4 is 0 Å². The topological polar surface area (TPSA) is 0 Å². The average Bonchev–Trinajstić information content (AvgIpc) is 2.31. The molecule has 1 aliphatic rings.